The first-order valence-corrected chi connectivity index (χ1v) is 6.60. The Bertz CT molecular complexity index is 238. The van der Waals surface area contributed by atoms with Gasteiger partial charge in [-0.05, 0) is 0 Å². The number of hydrogen-bond acceptors (Lipinski definition) is 1. The van der Waals surface area contributed by atoms with Crippen molar-refractivity contribution >= 4 is 25.8 Å². The maximum atomic E-state index is 5.96. The normalized spacial score (nSPS) is 15.3. The summed E-state index contributed by atoms with van der Waals surface area (Å²) in [6, 6.07) is 10.6. The Balaban J connectivity index is 2.29. The summed E-state index contributed by atoms with van der Waals surface area (Å²) >= 11 is 1.08. The van der Waals surface area contributed by atoms with E-state index in [9.17, 15) is 0 Å². The van der Waals surface area contributed by atoms with Crippen LogP contribution in [0.2, 0.25) is 0 Å². The predicted molar refractivity (Wildman–Crippen MR) is 57.7 cm³/mol. The number of hydrogen-bond donors (Lipinski definition) is 1. The van der Waals surface area contributed by atoms with Crippen LogP contribution in [0.1, 0.15) is 25.3 Å². The quantitative estimate of drug-likeness (QED) is 0.806. The molecule has 0 aliphatic carbocycles. The zero-order chi connectivity index (χ0) is 9.73. The molecule has 1 nitrogen and oxygen atoms in total. The molecule has 69 valence electrons. The van der Waals surface area contributed by atoms with Crippen molar-refractivity contribution < 1.29 is 0 Å². The summed E-state index contributed by atoms with van der Waals surface area (Å²) in [5, 5.41) is 0. The third kappa shape index (κ3) is 5.42. The number of nitrogens with two attached hydrogens (primary N) is 1. The van der Waals surface area contributed by atoms with E-state index >= 15 is 0 Å². The van der Waals surface area contributed by atoms with Gasteiger partial charge in [0.15, 0.2) is 0 Å². The van der Waals surface area contributed by atoms with Crippen molar-refractivity contribution in [1.29, 1.82) is 0 Å². The van der Waals surface area contributed by atoms with Gasteiger partial charge in [-0.1, -0.05) is 0 Å². The van der Waals surface area contributed by atoms with E-state index in [1.165, 1.54) is 12.0 Å². The molecule has 0 saturated carbocycles. The van der Waals surface area contributed by atoms with Crippen molar-refractivity contribution in [3.05, 3.63) is 35.9 Å². The minimum atomic E-state index is 0.120. The predicted octanol–water partition coefficient (Wildman–Crippen LogP) is 1.85. The molecular weight excluding hydrogens is 353 g/mol. The van der Waals surface area contributed by atoms with Gasteiger partial charge < -0.3 is 0 Å². The van der Waals surface area contributed by atoms with Crippen molar-refractivity contribution in [2.24, 2.45) is 5.73 Å². The first-order chi connectivity index (χ1) is 6.08. The Kier molecular flexibility index (Phi) is 4.39. The Morgan fingerprint density at radius 3 is 2.46 bits per heavy atom. The molecule has 0 spiro atoms. The second-order valence-electron chi connectivity index (χ2n) is 3.76. The van der Waals surface area contributed by atoms with E-state index in [1.807, 2.05) is 0 Å². The fourth-order valence-corrected chi connectivity index (χ4v) is 1.99. The topological polar surface area (TPSA) is 26.0 Å². The average Bonchev–Trinajstić information content (AvgIpc) is 2.04. The van der Waals surface area contributed by atoms with Crippen LogP contribution in [-0.4, -0.2) is 28.9 Å². The molecule has 1 unspecified atom stereocenters. The van der Waals surface area contributed by atoms with Gasteiger partial charge in [0, 0.05) is 0 Å². The van der Waals surface area contributed by atoms with Crippen LogP contribution in [0, 0.1) is 0 Å². The van der Waals surface area contributed by atoms with Crippen molar-refractivity contribution in [2.75, 3.05) is 0 Å². The first-order valence-electron chi connectivity index (χ1n) is 4.66. The van der Waals surface area contributed by atoms with Gasteiger partial charge >= 0.3 is 96.7 Å². The molecular formula is C11H16NPb. The van der Waals surface area contributed by atoms with Gasteiger partial charge in [-0.25, -0.2) is 0 Å². The van der Waals surface area contributed by atoms with Crippen LogP contribution >= 0.6 is 0 Å². The molecule has 0 aromatic heterocycles. The van der Waals surface area contributed by atoms with Crippen molar-refractivity contribution in [3.8, 4) is 0 Å². The summed E-state index contributed by atoms with van der Waals surface area (Å²) in [6.45, 7) is 2.14. The molecule has 3 radical (unpaired) electrons. The molecule has 0 heterocycles. The maximum absolute atomic E-state index is 5.96. The van der Waals surface area contributed by atoms with Gasteiger partial charge in [0.2, 0.25) is 0 Å². The zero-order valence-corrected chi connectivity index (χ0v) is 12.0. The summed E-state index contributed by atoms with van der Waals surface area (Å²) in [5.41, 5.74) is 7.39. The summed E-state index contributed by atoms with van der Waals surface area (Å²) in [7, 11) is 0. The molecule has 13 heavy (non-hydrogen) atoms. The molecule has 0 bridgehead atoms. The second-order valence-corrected chi connectivity index (χ2v) is 8.20. The van der Waals surface area contributed by atoms with Crippen LogP contribution in [0.3, 0.4) is 0 Å². The summed E-state index contributed by atoms with van der Waals surface area (Å²) < 4.78 is 0.120. The van der Waals surface area contributed by atoms with Crippen LogP contribution in [-0.2, 0) is 6.42 Å². The summed E-state index contributed by atoms with van der Waals surface area (Å²) in [5.74, 6) is 0. The molecule has 0 saturated heterocycles. The number of rotatable bonds is 4. The van der Waals surface area contributed by atoms with Crippen LogP contribution in [0.25, 0.3) is 0 Å². The van der Waals surface area contributed by atoms with E-state index in [0.717, 1.165) is 38.6 Å². The van der Waals surface area contributed by atoms with Gasteiger partial charge in [-0.15, -0.1) is 0 Å². The fourth-order valence-electron chi connectivity index (χ4n) is 1.30. The Labute approximate surface area is 96.4 Å². The standard InChI is InChI=1S/C11H16N.Pb/c1-10(12)6-5-9-11-7-3-2-4-8-11;/h2-4,7-8H,5-6,9,12H2,1H3;. The monoisotopic (exact) mass is 370 g/mol. The van der Waals surface area contributed by atoms with Crippen LogP contribution in [0.4, 0.5) is 0 Å². The third-order valence-electron chi connectivity index (χ3n) is 2.00. The van der Waals surface area contributed by atoms with E-state index in [-0.39, 0.29) is 3.10 Å². The molecule has 1 aromatic rings. The van der Waals surface area contributed by atoms with E-state index in [1.54, 1.807) is 0 Å². The fraction of sp³-hybridized carbons (Fsp3) is 0.455. The van der Waals surface area contributed by atoms with Crippen molar-refractivity contribution in [3.63, 3.8) is 0 Å². The minimum absolute atomic E-state index is 0.120. The molecule has 0 fully saturated rings. The molecule has 0 aliphatic rings. The van der Waals surface area contributed by atoms with E-state index in [2.05, 4.69) is 37.3 Å². The average molecular weight is 369 g/mol. The van der Waals surface area contributed by atoms with E-state index in [0.29, 0.717) is 0 Å². The second kappa shape index (κ2) is 5.10. The van der Waals surface area contributed by atoms with Crippen molar-refractivity contribution in [2.45, 2.75) is 29.3 Å². The molecule has 0 aliphatic heterocycles. The molecule has 1 rings (SSSR count). The molecule has 2 heteroatoms. The van der Waals surface area contributed by atoms with Crippen LogP contribution < -0.4 is 5.73 Å². The van der Waals surface area contributed by atoms with Gasteiger partial charge in [-0.2, -0.15) is 0 Å². The van der Waals surface area contributed by atoms with E-state index in [4.69, 9.17) is 5.73 Å². The van der Waals surface area contributed by atoms with Crippen molar-refractivity contribution in [1.82, 2.24) is 0 Å². The Morgan fingerprint density at radius 1 is 1.31 bits per heavy atom. The Hall–Kier alpha value is 0.102. The Morgan fingerprint density at radius 2 is 1.92 bits per heavy atom. The first kappa shape index (κ1) is 11.2. The van der Waals surface area contributed by atoms with Gasteiger partial charge in [0.05, 0.1) is 0 Å². The van der Waals surface area contributed by atoms with Crippen LogP contribution in [0.15, 0.2) is 30.3 Å². The zero-order valence-electron chi connectivity index (χ0n) is 8.09. The van der Waals surface area contributed by atoms with Crippen LogP contribution in [0.5, 0.6) is 0 Å². The summed E-state index contributed by atoms with van der Waals surface area (Å²) in [4.78, 5) is 0. The third-order valence-corrected chi connectivity index (χ3v) is 2.98. The summed E-state index contributed by atoms with van der Waals surface area (Å²) in [6.07, 6.45) is 3.52. The van der Waals surface area contributed by atoms with Gasteiger partial charge in [0.1, 0.15) is 0 Å². The molecule has 1 aromatic carbocycles. The van der Waals surface area contributed by atoms with E-state index < -0.39 is 0 Å². The SMILES string of the molecule is C[C](N)([Pb])CCCc1ccccc1. The molecule has 1 atom stereocenters. The number of benzene rings is 1. The molecule has 0 amide bonds. The molecule has 2 N–H and O–H groups in total. The van der Waals surface area contributed by atoms with Gasteiger partial charge in [0.25, 0.3) is 0 Å². The number of aryl methyl sites for hydroxylation is 1. The van der Waals surface area contributed by atoms with Gasteiger partial charge in [-0.3, -0.25) is 0 Å².